The van der Waals surface area contributed by atoms with Crippen LogP contribution in [0.5, 0.6) is 0 Å². The van der Waals surface area contributed by atoms with Crippen LogP contribution in [0.1, 0.15) is 55.3 Å². The molecule has 4 saturated carbocycles. The van der Waals surface area contributed by atoms with Gasteiger partial charge in [0.15, 0.2) is 0 Å². The predicted molar refractivity (Wildman–Crippen MR) is 91.7 cm³/mol. The monoisotopic (exact) mass is 361 g/mol. The van der Waals surface area contributed by atoms with Gasteiger partial charge in [-0.3, -0.25) is 4.79 Å². The highest BCUT2D eigenvalue weighted by atomic mass is 79.9. The van der Waals surface area contributed by atoms with E-state index in [2.05, 4.69) is 21.2 Å². The van der Waals surface area contributed by atoms with Gasteiger partial charge in [0.2, 0.25) is 0 Å². The van der Waals surface area contributed by atoms with Gasteiger partial charge in [0, 0.05) is 11.0 Å². The molecular formula is C19H24BrNO. The molecule has 118 valence electrons. The molecule has 0 heterocycles. The van der Waals surface area contributed by atoms with E-state index in [0.29, 0.717) is 5.41 Å². The fourth-order valence-electron chi connectivity index (χ4n) is 5.78. The summed E-state index contributed by atoms with van der Waals surface area (Å²) >= 11 is 3.46. The Morgan fingerprint density at radius 1 is 1.09 bits per heavy atom. The third-order valence-corrected chi connectivity index (χ3v) is 6.92. The van der Waals surface area contributed by atoms with Crippen LogP contribution in [-0.4, -0.2) is 12.5 Å². The van der Waals surface area contributed by atoms with Gasteiger partial charge >= 0.3 is 0 Å². The summed E-state index contributed by atoms with van der Waals surface area (Å²) in [7, 11) is 0. The maximum atomic E-state index is 12.3. The molecule has 0 aliphatic heterocycles. The molecule has 4 aliphatic rings. The van der Waals surface area contributed by atoms with E-state index in [9.17, 15) is 4.79 Å². The fourth-order valence-corrected chi connectivity index (χ4v) is 6.24. The number of amides is 1. The second-order valence-corrected chi connectivity index (χ2v) is 8.76. The maximum absolute atomic E-state index is 12.3. The SMILES string of the molecule is O=C(NCCC12CC3CC(CC(C3)C1)C2)c1ccccc1Br. The van der Waals surface area contributed by atoms with Gasteiger partial charge in [-0.05, 0) is 96.2 Å². The Bertz CT molecular complexity index is 547. The summed E-state index contributed by atoms with van der Waals surface area (Å²) in [5.74, 6) is 3.03. The molecule has 22 heavy (non-hydrogen) atoms. The highest BCUT2D eigenvalue weighted by Crippen LogP contribution is 2.61. The molecule has 1 aromatic carbocycles. The lowest BCUT2D eigenvalue weighted by molar-refractivity contribution is -0.0564. The molecule has 0 aromatic heterocycles. The first-order valence-corrected chi connectivity index (χ1v) is 9.46. The summed E-state index contributed by atoms with van der Waals surface area (Å²) in [4.78, 5) is 12.3. The van der Waals surface area contributed by atoms with Crippen LogP contribution in [-0.2, 0) is 0 Å². The van der Waals surface area contributed by atoms with E-state index < -0.39 is 0 Å². The summed E-state index contributed by atoms with van der Waals surface area (Å²) in [6, 6.07) is 7.66. The minimum atomic E-state index is 0.0530. The van der Waals surface area contributed by atoms with E-state index >= 15 is 0 Å². The molecule has 0 unspecified atom stereocenters. The van der Waals surface area contributed by atoms with Crippen molar-refractivity contribution in [1.82, 2.24) is 5.32 Å². The Kier molecular flexibility index (Phi) is 3.80. The summed E-state index contributed by atoms with van der Waals surface area (Å²) in [6.07, 6.45) is 9.90. The van der Waals surface area contributed by atoms with E-state index in [4.69, 9.17) is 0 Å². The Morgan fingerprint density at radius 2 is 1.68 bits per heavy atom. The van der Waals surface area contributed by atoms with Gasteiger partial charge in [0.1, 0.15) is 0 Å². The number of hydrogen-bond acceptors (Lipinski definition) is 1. The minimum Gasteiger partial charge on any atom is -0.352 e. The largest absolute Gasteiger partial charge is 0.352 e. The molecule has 0 radical (unpaired) electrons. The molecular weight excluding hydrogens is 338 g/mol. The maximum Gasteiger partial charge on any atom is 0.252 e. The van der Waals surface area contributed by atoms with Crippen molar-refractivity contribution in [2.24, 2.45) is 23.2 Å². The van der Waals surface area contributed by atoms with E-state index in [-0.39, 0.29) is 5.91 Å². The lowest BCUT2D eigenvalue weighted by atomic mass is 9.49. The van der Waals surface area contributed by atoms with Gasteiger partial charge in [0.25, 0.3) is 5.91 Å². The van der Waals surface area contributed by atoms with Crippen molar-refractivity contribution in [3.8, 4) is 0 Å². The van der Waals surface area contributed by atoms with Crippen molar-refractivity contribution >= 4 is 21.8 Å². The Morgan fingerprint density at radius 3 is 2.27 bits per heavy atom. The average molecular weight is 362 g/mol. The van der Waals surface area contributed by atoms with E-state index in [1.807, 2.05) is 24.3 Å². The molecule has 1 aromatic rings. The molecule has 0 atom stereocenters. The lowest BCUT2D eigenvalue weighted by Crippen LogP contribution is -2.47. The van der Waals surface area contributed by atoms with Crippen molar-refractivity contribution in [2.45, 2.75) is 44.9 Å². The summed E-state index contributed by atoms with van der Waals surface area (Å²) in [5.41, 5.74) is 1.30. The highest BCUT2D eigenvalue weighted by Gasteiger charge is 2.50. The van der Waals surface area contributed by atoms with Gasteiger partial charge < -0.3 is 5.32 Å². The lowest BCUT2D eigenvalue weighted by Gasteiger charge is -2.57. The first-order valence-electron chi connectivity index (χ1n) is 8.66. The predicted octanol–water partition coefficient (Wildman–Crippen LogP) is 4.79. The molecule has 2 nitrogen and oxygen atoms in total. The zero-order valence-electron chi connectivity index (χ0n) is 13.0. The van der Waals surface area contributed by atoms with Crippen molar-refractivity contribution in [3.05, 3.63) is 34.3 Å². The first-order chi connectivity index (χ1) is 10.6. The van der Waals surface area contributed by atoms with Crippen molar-refractivity contribution in [1.29, 1.82) is 0 Å². The molecule has 0 saturated heterocycles. The smallest absolute Gasteiger partial charge is 0.252 e. The summed E-state index contributed by atoms with van der Waals surface area (Å²) in [5, 5.41) is 3.15. The third kappa shape index (κ3) is 2.73. The minimum absolute atomic E-state index is 0.0530. The van der Waals surface area contributed by atoms with Crippen LogP contribution in [0, 0.1) is 23.2 Å². The molecule has 3 heteroatoms. The number of benzene rings is 1. The zero-order valence-corrected chi connectivity index (χ0v) is 14.6. The second kappa shape index (κ2) is 5.67. The average Bonchev–Trinajstić information content (AvgIpc) is 2.46. The van der Waals surface area contributed by atoms with Crippen LogP contribution < -0.4 is 5.32 Å². The Hall–Kier alpha value is -0.830. The van der Waals surface area contributed by atoms with Gasteiger partial charge in [-0.1, -0.05) is 12.1 Å². The van der Waals surface area contributed by atoms with Crippen LogP contribution in [0.2, 0.25) is 0 Å². The zero-order chi connectivity index (χ0) is 15.2. The van der Waals surface area contributed by atoms with Gasteiger partial charge in [0.05, 0.1) is 5.56 Å². The van der Waals surface area contributed by atoms with Crippen molar-refractivity contribution < 1.29 is 4.79 Å². The summed E-state index contributed by atoms with van der Waals surface area (Å²) < 4.78 is 0.877. The number of hydrogen-bond donors (Lipinski definition) is 1. The number of halogens is 1. The van der Waals surface area contributed by atoms with Crippen LogP contribution in [0.4, 0.5) is 0 Å². The standard InChI is InChI=1S/C19H24BrNO/c20-17-4-2-1-3-16(17)18(22)21-6-5-19-10-13-7-14(11-19)9-15(8-13)12-19/h1-4,13-15H,5-12H2,(H,21,22). The summed E-state index contributed by atoms with van der Waals surface area (Å²) in [6.45, 7) is 0.826. The molecule has 0 spiro atoms. The first kappa shape index (κ1) is 14.7. The normalized spacial score (nSPS) is 35.6. The number of carbonyl (C=O) groups excluding carboxylic acids is 1. The van der Waals surface area contributed by atoms with Crippen LogP contribution in [0.3, 0.4) is 0 Å². The van der Waals surface area contributed by atoms with Gasteiger partial charge in [-0.25, -0.2) is 0 Å². The van der Waals surface area contributed by atoms with Crippen molar-refractivity contribution in [2.75, 3.05) is 6.54 Å². The fraction of sp³-hybridized carbons (Fsp3) is 0.632. The van der Waals surface area contributed by atoms with E-state index in [1.54, 1.807) is 0 Å². The Labute approximate surface area is 141 Å². The molecule has 5 rings (SSSR count). The molecule has 1 amide bonds. The van der Waals surface area contributed by atoms with Crippen molar-refractivity contribution in [3.63, 3.8) is 0 Å². The number of carbonyl (C=O) groups is 1. The quantitative estimate of drug-likeness (QED) is 0.820. The third-order valence-electron chi connectivity index (χ3n) is 6.22. The van der Waals surface area contributed by atoms with Crippen LogP contribution in [0.25, 0.3) is 0 Å². The topological polar surface area (TPSA) is 29.1 Å². The molecule has 4 aliphatic carbocycles. The second-order valence-electron chi connectivity index (χ2n) is 7.90. The number of nitrogens with one attached hydrogen (secondary N) is 1. The van der Waals surface area contributed by atoms with Gasteiger partial charge in [-0.2, -0.15) is 0 Å². The highest BCUT2D eigenvalue weighted by molar-refractivity contribution is 9.10. The van der Waals surface area contributed by atoms with E-state index in [0.717, 1.165) is 34.3 Å². The van der Waals surface area contributed by atoms with E-state index in [1.165, 1.54) is 44.9 Å². The number of rotatable bonds is 4. The van der Waals surface area contributed by atoms with Crippen LogP contribution in [0.15, 0.2) is 28.7 Å². The molecule has 4 fully saturated rings. The molecule has 4 bridgehead atoms. The Balaban J connectivity index is 1.36. The molecule has 1 N–H and O–H groups in total. The van der Waals surface area contributed by atoms with Crippen LogP contribution >= 0.6 is 15.9 Å². The van der Waals surface area contributed by atoms with Gasteiger partial charge in [-0.15, -0.1) is 0 Å².